The van der Waals surface area contributed by atoms with Crippen molar-refractivity contribution < 1.29 is 93.1 Å². The van der Waals surface area contributed by atoms with Crippen LogP contribution in [0.25, 0.3) is 0 Å². The fourth-order valence-corrected chi connectivity index (χ4v) is 6.97. The molecule has 20 atom stereocenters. The first-order valence-corrected chi connectivity index (χ1v) is 16.9. The molecule has 5 saturated heterocycles. The fraction of sp³-hybridized carbons (Fsp3) is 0.900. The molecule has 6 bridgehead atoms. The molecule has 0 aliphatic carbocycles. The topological polar surface area (TPSA) is 323 Å². The second kappa shape index (κ2) is 17.1. The molecule has 0 unspecified atom stereocenters. The van der Waals surface area contributed by atoms with Crippen LogP contribution < -0.4 is 16.0 Å². The Labute approximate surface area is 297 Å². The summed E-state index contributed by atoms with van der Waals surface area (Å²) in [6, 6.07) is -4.37. The molecule has 0 radical (unpaired) electrons. The minimum atomic E-state index is -1.87. The second-order valence-corrected chi connectivity index (χ2v) is 13.5. The zero-order chi connectivity index (χ0) is 38.2. The third kappa shape index (κ3) is 8.52. The van der Waals surface area contributed by atoms with Gasteiger partial charge in [-0.1, -0.05) is 0 Å². The molecule has 22 heteroatoms. The predicted octanol–water partition coefficient (Wildman–Crippen LogP) is -7.24. The summed E-state index contributed by atoms with van der Waals surface area (Å²) in [4.78, 5) is 37.3. The molecule has 22 nitrogen and oxygen atoms in total. The number of amides is 3. The van der Waals surface area contributed by atoms with E-state index in [1.807, 2.05) is 0 Å². The van der Waals surface area contributed by atoms with Crippen molar-refractivity contribution in [1.82, 2.24) is 16.0 Å². The standard InChI is InChI=1S/C30H49N3O19/c1-8-18(39)24-16(32-10(3)37)28(46-8)51-25-17(33-11(4)38)29(47-13(6-35)21(25)42)52-26-23(44)19(40)12(5-34)48-30(26)45-7-14-20(41)22(43)15(31-9(2)36)27(49-14)50-24/h8,12-30,34-35,39-44H,5-7H2,1-4H3,(H,31,36)(H,32,37)(H,33,38)/t8-,12+,13+,14+,15+,16-,17+,18+,19+,20+,21+,22+,23-,24-,25+,26+,27+,28-,29-,30+/m0/s1. The number of rotatable bonds is 5. The molecule has 11 N–H and O–H groups in total. The smallest absolute Gasteiger partial charge is 0.217 e. The molecular weight excluding hydrogens is 706 g/mol. The SMILES string of the molecule is CC(=O)N[C@@H]1[C@@H]2O[C@H]3[C@H](O)[C@@H](CO)O[C@@H](O[C@H]4[C@H](OC[C@H]5O[C@H](O[C@@H]1[C@H](O)[C@H](C)O2)[C@H](NC(C)=O)[C@@H](O)[C@@H]5O)O[C@H](CO)[C@@H](O)[C@@H]4O)[C@@H]3NC(C)=O. The number of hydrogen-bond donors (Lipinski definition) is 11. The maximum atomic E-state index is 12.5. The highest BCUT2D eigenvalue weighted by molar-refractivity contribution is 5.74. The van der Waals surface area contributed by atoms with Crippen LogP contribution in [0.15, 0.2) is 0 Å². The number of ether oxygens (including phenoxy) is 8. The average Bonchev–Trinajstić information content (AvgIpc) is 3.08. The lowest BCUT2D eigenvalue weighted by Crippen LogP contribution is -2.72. The average molecular weight is 756 g/mol. The summed E-state index contributed by atoms with van der Waals surface area (Å²) >= 11 is 0. The predicted molar refractivity (Wildman–Crippen MR) is 164 cm³/mol. The highest BCUT2D eigenvalue weighted by Gasteiger charge is 2.57. The van der Waals surface area contributed by atoms with E-state index in [2.05, 4.69) is 16.0 Å². The number of aliphatic hydroxyl groups is 8. The van der Waals surface area contributed by atoms with Crippen molar-refractivity contribution in [3.63, 3.8) is 0 Å². The Morgan fingerprint density at radius 1 is 0.519 bits per heavy atom. The third-order valence-corrected chi connectivity index (χ3v) is 9.60. The number of nitrogens with one attached hydrogen (secondary N) is 3. The highest BCUT2D eigenvalue weighted by atomic mass is 16.8. The molecule has 5 fully saturated rings. The molecule has 298 valence electrons. The van der Waals surface area contributed by atoms with Crippen LogP contribution in [0.1, 0.15) is 27.7 Å². The lowest BCUT2D eigenvalue weighted by molar-refractivity contribution is -0.379. The first kappa shape index (κ1) is 40.9. The van der Waals surface area contributed by atoms with E-state index in [-0.39, 0.29) is 0 Å². The number of aliphatic hydroxyl groups excluding tert-OH is 8. The molecular formula is C30H49N3O19. The molecule has 0 saturated carbocycles. The normalized spacial score (nSPS) is 48.5. The van der Waals surface area contributed by atoms with Crippen molar-refractivity contribution in [2.45, 2.75) is 150 Å². The molecule has 5 heterocycles. The van der Waals surface area contributed by atoms with Crippen LogP contribution in [-0.4, -0.2) is 201 Å². The molecule has 0 aromatic rings. The summed E-state index contributed by atoms with van der Waals surface area (Å²) in [6.07, 6.45) is -27.3. The van der Waals surface area contributed by atoms with Crippen molar-refractivity contribution >= 4 is 17.7 Å². The van der Waals surface area contributed by atoms with E-state index >= 15 is 0 Å². The Balaban J connectivity index is 1.63. The van der Waals surface area contributed by atoms with Gasteiger partial charge in [0, 0.05) is 20.8 Å². The second-order valence-electron chi connectivity index (χ2n) is 13.5. The lowest BCUT2D eigenvalue weighted by Gasteiger charge is -2.51. The van der Waals surface area contributed by atoms with E-state index in [9.17, 15) is 55.2 Å². The van der Waals surface area contributed by atoms with Crippen LogP contribution >= 0.6 is 0 Å². The van der Waals surface area contributed by atoms with E-state index in [0.29, 0.717) is 0 Å². The van der Waals surface area contributed by atoms with Crippen LogP contribution in [0, 0.1) is 0 Å². The molecule has 5 aliphatic heterocycles. The van der Waals surface area contributed by atoms with Gasteiger partial charge in [-0.3, -0.25) is 14.4 Å². The molecule has 5 rings (SSSR count). The Kier molecular flexibility index (Phi) is 13.4. The van der Waals surface area contributed by atoms with Gasteiger partial charge in [-0.2, -0.15) is 0 Å². The number of fused-ring (bicyclic) bond motifs is 7. The van der Waals surface area contributed by atoms with Crippen LogP contribution in [0.5, 0.6) is 0 Å². The van der Waals surface area contributed by atoms with E-state index in [1.165, 1.54) is 6.92 Å². The number of carbonyl (C=O) groups is 3. The van der Waals surface area contributed by atoms with Gasteiger partial charge in [0.25, 0.3) is 0 Å². The van der Waals surface area contributed by atoms with Gasteiger partial charge in [0.2, 0.25) is 17.7 Å². The van der Waals surface area contributed by atoms with Crippen molar-refractivity contribution in [3.05, 3.63) is 0 Å². The first-order chi connectivity index (χ1) is 24.6. The first-order valence-electron chi connectivity index (χ1n) is 16.9. The zero-order valence-electron chi connectivity index (χ0n) is 28.7. The van der Waals surface area contributed by atoms with E-state index in [0.717, 1.165) is 20.8 Å². The molecule has 0 aromatic carbocycles. The Hall–Kier alpha value is -2.23. The molecule has 5 aliphatic rings. The van der Waals surface area contributed by atoms with Gasteiger partial charge in [-0.15, -0.1) is 0 Å². The van der Waals surface area contributed by atoms with E-state index < -0.39 is 160 Å². The largest absolute Gasteiger partial charge is 0.394 e. The lowest BCUT2D eigenvalue weighted by atomic mass is 9.93. The van der Waals surface area contributed by atoms with E-state index in [4.69, 9.17) is 37.9 Å². The van der Waals surface area contributed by atoms with Crippen LogP contribution in [0.3, 0.4) is 0 Å². The third-order valence-electron chi connectivity index (χ3n) is 9.60. The summed E-state index contributed by atoms with van der Waals surface area (Å²) < 4.78 is 47.9. The zero-order valence-corrected chi connectivity index (χ0v) is 28.7. The Bertz CT molecular complexity index is 1250. The Morgan fingerprint density at radius 2 is 0.981 bits per heavy atom. The van der Waals surface area contributed by atoms with Crippen molar-refractivity contribution in [3.8, 4) is 0 Å². The maximum absolute atomic E-state index is 12.5. The fourth-order valence-electron chi connectivity index (χ4n) is 6.97. The van der Waals surface area contributed by atoms with Crippen LogP contribution in [0.2, 0.25) is 0 Å². The maximum Gasteiger partial charge on any atom is 0.217 e. The van der Waals surface area contributed by atoms with Gasteiger partial charge in [0.05, 0.1) is 25.9 Å². The summed E-state index contributed by atoms with van der Waals surface area (Å²) in [7, 11) is 0. The van der Waals surface area contributed by atoms with Gasteiger partial charge in [-0.25, -0.2) is 0 Å². The number of carbonyl (C=O) groups excluding carboxylic acids is 3. The van der Waals surface area contributed by atoms with Crippen LogP contribution in [-0.2, 0) is 52.3 Å². The summed E-state index contributed by atoms with van der Waals surface area (Å²) in [5.41, 5.74) is 0. The van der Waals surface area contributed by atoms with Gasteiger partial charge in [-0.05, 0) is 6.92 Å². The summed E-state index contributed by atoms with van der Waals surface area (Å²) in [5, 5.41) is 94.6. The quantitative estimate of drug-likeness (QED) is 0.124. The Morgan fingerprint density at radius 3 is 1.54 bits per heavy atom. The summed E-state index contributed by atoms with van der Waals surface area (Å²) in [6.45, 7) is 2.59. The van der Waals surface area contributed by atoms with Gasteiger partial charge >= 0.3 is 0 Å². The molecule has 52 heavy (non-hydrogen) atoms. The highest BCUT2D eigenvalue weighted by Crippen LogP contribution is 2.35. The summed E-state index contributed by atoms with van der Waals surface area (Å²) in [5.74, 6) is -1.99. The molecule has 0 spiro atoms. The van der Waals surface area contributed by atoms with Crippen molar-refractivity contribution in [2.75, 3.05) is 19.8 Å². The minimum Gasteiger partial charge on any atom is -0.394 e. The van der Waals surface area contributed by atoms with E-state index in [1.54, 1.807) is 0 Å². The van der Waals surface area contributed by atoms with Gasteiger partial charge < -0.3 is 94.7 Å². The van der Waals surface area contributed by atoms with Gasteiger partial charge in [0.15, 0.2) is 25.2 Å². The monoisotopic (exact) mass is 755 g/mol. The number of hydrogen-bond acceptors (Lipinski definition) is 19. The van der Waals surface area contributed by atoms with Gasteiger partial charge in [0.1, 0.15) is 91.4 Å². The van der Waals surface area contributed by atoms with Crippen molar-refractivity contribution in [2.24, 2.45) is 0 Å². The minimum absolute atomic E-state index is 0.648. The molecule has 3 amide bonds. The van der Waals surface area contributed by atoms with Crippen molar-refractivity contribution in [1.29, 1.82) is 0 Å². The molecule has 0 aromatic heterocycles. The van der Waals surface area contributed by atoms with Crippen LogP contribution in [0.4, 0.5) is 0 Å².